The normalized spacial score (nSPS) is 10.8. The van der Waals surface area contributed by atoms with E-state index in [2.05, 4.69) is 44.0 Å². The maximum atomic E-state index is 14.3. The van der Waals surface area contributed by atoms with Crippen molar-refractivity contribution in [2.75, 3.05) is 11.1 Å². The zero-order valence-electron chi connectivity index (χ0n) is 18.1. The molecule has 2 aromatic heterocycles. The predicted molar refractivity (Wildman–Crippen MR) is 129 cm³/mol. The van der Waals surface area contributed by atoms with Gasteiger partial charge in [0, 0.05) is 12.2 Å². The van der Waals surface area contributed by atoms with Crippen molar-refractivity contribution in [2.24, 2.45) is 0 Å². The summed E-state index contributed by atoms with van der Waals surface area (Å²) in [7, 11) is 0. The quantitative estimate of drug-likeness (QED) is 0.274. The highest BCUT2D eigenvalue weighted by Gasteiger charge is 2.17. The predicted octanol–water partition coefficient (Wildman–Crippen LogP) is 4.64. The minimum atomic E-state index is -0.361. The molecule has 0 spiro atoms. The van der Waals surface area contributed by atoms with E-state index in [-0.39, 0.29) is 11.8 Å². The zero-order valence-corrected chi connectivity index (χ0v) is 18.9. The second-order valence-corrected chi connectivity index (χ2v) is 7.99. The van der Waals surface area contributed by atoms with Crippen molar-refractivity contribution in [3.8, 4) is 11.4 Å². The second kappa shape index (κ2) is 10.2. The molecule has 0 fully saturated rings. The number of nitrogen functional groups attached to an aromatic ring is 1. The maximum absolute atomic E-state index is 14.3. The summed E-state index contributed by atoms with van der Waals surface area (Å²) in [5.41, 5.74) is 8.37. The van der Waals surface area contributed by atoms with Crippen LogP contribution >= 0.6 is 11.8 Å². The summed E-state index contributed by atoms with van der Waals surface area (Å²) >= 11 is 1.38. The smallest absolute Gasteiger partial charge is 0.232 e. The van der Waals surface area contributed by atoms with Crippen LogP contribution in [-0.4, -0.2) is 29.7 Å². The number of aryl methyl sites for hydroxylation is 1. The summed E-state index contributed by atoms with van der Waals surface area (Å²) in [5.74, 6) is 1.44. The minimum Gasteiger partial charge on any atom is -0.368 e. The summed E-state index contributed by atoms with van der Waals surface area (Å²) in [4.78, 5) is 13.0. The van der Waals surface area contributed by atoms with Gasteiger partial charge in [-0.3, -0.25) is 4.57 Å². The first kappa shape index (κ1) is 22.4. The Hall–Kier alpha value is -3.79. The molecule has 0 aliphatic rings. The van der Waals surface area contributed by atoms with Gasteiger partial charge in [-0.05, 0) is 30.2 Å². The zero-order chi connectivity index (χ0) is 23.2. The minimum absolute atomic E-state index is 0.122. The van der Waals surface area contributed by atoms with Gasteiger partial charge in [-0.2, -0.15) is 15.0 Å². The molecular weight excluding hydrogens is 439 g/mol. The monoisotopic (exact) mass is 462 g/mol. The van der Waals surface area contributed by atoms with E-state index < -0.39 is 0 Å². The van der Waals surface area contributed by atoms with Gasteiger partial charge < -0.3 is 11.1 Å². The molecule has 33 heavy (non-hydrogen) atoms. The van der Waals surface area contributed by atoms with Crippen LogP contribution in [-0.2, 0) is 18.7 Å². The fraction of sp³-hybridized carbons (Fsp3) is 0.174. The van der Waals surface area contributed by atoms with E-state index in [1.54, 1.807) is 28.8 Å². The Kier molecular flexibility index (Phi) is 6.94. The van der Waals surface area contributed by atoms with Crippen LogP contribution < -0.4 is 11.1 Å². The first-order chi connectivity index (χ1) is 16.1. The molecule has 0 radical (unpaired) electrons. The maximum Gasteiger partial charge on any atom is 0.232 e. The van der Waals surface area contributed by atoms with Crippen LogP contribution in [0, 0.1) is 5.82 Å². The molecule has 3 N–H and O–H groups in total. The molecule has 8 nitrogen and oxygen atoms in total. The van der Waals surface area contributed by atoms with Crippen LogP contribution in [0.1, 0.15) is 18.3 Å². The number of allylic oxidation sites excluding steroid dienone is 1. The number of hydrogen-bond donors (Lipinski definition) is 2. The first-order valence-electron chi connectivity index (χ1n) is 10.4. The van der Waals surface area contributed by atoms with Gasteiger partial charge >= 0.3 is 0 Å². The Bertz CT molecular complexity index is 1270. The molecule has 0 aliphatic carbocycles. The lowest BCUT2D eigenvalue weighted by atomic mass is 10.1. The van der Waals surface area contributed by atoms with Crippen molar-refractivity contribution in [2.45, 2.75) is 30.8 Å². The first-order valence-corrected chi connectivity index (χ1v) is 11.3. The number of halogens is 1. The third kappa shape index (κ3) is 5.17. The molecular formula is C23H23FN8S. The van der Waals surface area contributed by atoms with Crippen molar-refractivity contribution >= 4 is 29.3 Å². The molecule has 0 atom stereocenters. The molecule has 168 valence electrons. The number of hydrogen-bond acceptors (Lipinski definition) is 8. The second-order valence-electron chi connectivity index (χ2n) is 7.04. The molecule has 0 bridgehead atoms. The fourth-order valence-electron chi connectivity index (χ4n) is 3.29. The van der Waals surface area contributed by atoms with Gasteiger partial charge in [0.25, 0.3) is 0 Å². The number of rotatable bonds is 9. The highest BCUT2D eigenvalue weighted by atomic mass is 32.2. The number of para-hydroxylation sites is 1. The number of nitrogens with zero attached hydrogens (tertiary/aromatic N) is 6. The van der Waals surface area contributed by atoms with E-state index in [4.69, 9.17) is 5.73 Å². The van der Waals surface area contributed by atoms with Crippen LogP contribution in [0.2, 0.25) is 0 Å². The van der Waals surface area contributed by atoms with E-state index >= 15 is 0 Å². The molecule has 0 amide bonds. The molecule has 2 heterocycles. The Labute approximate surface area is 195 Å². The Morgan fingerprint density at radius 1 is 1.09 bits per heavy atom. The van der Waals surface area contributed by atoms with Gasteiger partial charge in [-0.25, -0.2) is 4.39 Å². The van der Waals surface area contributed by atoms with Crippen molar-refractivity contribution in [1.29, 1.82) is 0 Å². The molecule has 4 rings (SSSR count). The number of nitrogens with one attached hydrogen (secondary N) is 1. The molecule has 4 aromatic rings. The van der Waals surface area contributed by atoms with Crippen molar-refractivity contribution in [3.05, 3.63) is 78.4 Å². The van der Waals surface area contributed by atoms with Crippen LogP contribution in [0.25, 0.3) is 11.4 Å². The van der Waals surface area contributed by atoms with E-state index in [0.29, 0.717) is 40.6 Å². The molecule has 0 saturated carbocycles. The fourth-order valence-corrected chi connectivity index (χ4v) is 4.09. The summed E-state index contributed by atoms with van der Waals surface area (Å²) in [6.45, 7) is 6.30. The van der Waals surface area contributed by atoms with Crippen LogP contribution in [0.4, 0.5) is 22.0 Å². The molecule has 0 saturated heterocycles. The van der Waals surface area contributed by atoms with E-state index in [1.165, 1.54) is 17.8 Å². The van der Waals surface area contributed by atoms with Crippen molar-refractivity contribution in [3.63, 3.8) is 0 Å². The highest BCUT2D eigenvalue weighted by Crippen LogP contribution is 2.28. The Balaban J connectivity index is 1.56. The van der Waals surface area contributed by atoms with Crippen LogP contribution in [0.3, 0.4) is 0 Å². The van der Waals surface area contributed by atoms with Gasteiger partial charge in [0.2, 0.25) is 11.9 Å². The van der Waals surface area contributed by atoms with Crippen molar-refractivity contribution in [1.82, 2.24) is 29.7 Å². The van der Waals surface area contributed by atoms with Gasteiger partial charge in [0.1, 0.15) is 11.6 Å². The van der Waals surface area contributed by atoms with Gasteiger partial charge in [-0.1, -0.05) is 55.1 Å². The molecule has 2 aromatic carbocycles. The van der Waals surface area contributed by atoms with Crippen molar-refractivity contribution < 1.29 is 4.39 Å². The molecule has 10 heteroatoms. The SMILES string of the molecule is C=CCn1c(SCc2nc(N)nc(Nc3ccccc3CC)n2)nnc1-c1ccccc1F. The summed E-state index contributed by atoms with van der Waals surface area (Å²) in [6.07, 6.45) is 2.58. The topological polar surface area (TPSA) is 107 Å². The average Bonchev–Trinajstić information content (AvgIpc) is 3.20. The summed E-state index contributed by atoms with van der Waals surface area (Å²) < 4.78 is 16.1. The number of thioether (sulfide) groups is 1. The standard InChI is InChI=1S/C23H23FN8S/c1-3-13-32-20(16-10-6-7-11-17(16)24)30-31-23(32)33-14-19-27-21(25)29-22(28-19)26-18-12-8-5-9-15(18)4-2/h3,5-12H,1,4,13-14H2,2H3,(H3,25,26,27,28,29). The average molecular weight is 463 g/mol. The lowest BCUT2D eigenvalue weighted by Gasteiger charge is -2.11. The van der Waals surface area contributed by atoms with Gasteiger partial charge in [0.05, 0.1) is 11.3 Å². The largest absolute Gasteiger partial charge is 0.368 e. The number of aromatic nitrogens is 6. The van der Waals surface area contributed by atoms with Gasteiger partial charge in [0.15, 0.2) is 11.0 Å². The third-order valence-corrected chi connectivity index (χ3v) is 5.78. The lowest BCUT2D eigenvalue weighted by molar-refractivity contribution is 0.626. The third-order valence-electron chi connectivity index (χ3n) is 4.82. The Morgan fingerprint density at radius 3 is 2.67 bits per heavy atom. The number of anilines is 3. The van der Waals surface area contributed by atoms with E-state index in [0.717, 1.165) is 17.7 Å². The van der Waals surface area contributed by atoms with Crippen LogP contribution in [0.15, 0.2) is 66.3 Å². The van der Waals surface area contributed by atoms with Gasteiger partial charge in [-0.15, -0.1) is 16.8 Å². The summed E-state index contributed by atoms with van der Waals surface area (Å²) in [5, 5.41) is 12.3. The van der Waals surface area contributed by atoms with E-state index in [9.17, 15) is 4.39 Å². The lowest BCUT2D eigenvalue weighted by Crippen LogP contribution is -2.08. The van der Waals surface area contributed by atoms with E-state index in [1.807, 2.05) is 24.3 Å². The van der Waals surface area contributed by atoms with Crippen LogP contribution in [0.5, 0.6) is 0 Å². The number of nitrogens with two attached hydrogens (primary N) is 1. The highest BCUT2D eigenvalue weighted by molar-refractivity contribution is 7.98. The molecule has 0 aliphatic heterocycles. The number of benzene rings is 2. The Morgan fingerprint density at radius 2 is 1.88 bits per heavy atom. The summed E-state index contributed by atoms with van der Waals surface area (Å²) in [6, 6.07) is 14.4. The molecule has 0 unspecified atom stereocenters.